The van der Waals surface area contributed by atoms with E-state index in [2.05, 4.69) is 4.18 Å². The van der Waals surface area contributed by atoms with Crippen LogP contribution in [-0.2, 0) is 20.1 Å². The van der Waals surface area contributed by atoms with Gasteiger partial charge in [0.25, 0.3) is 0 Å². The maximum absolute atomic E-state index is 10.7. The van der Waals surface area contributed by atoms with Gasteiger partial charge >= 0.3 is 5.97 Å². The molecule has 0 aliphatic heterocycles. The Labute approximate surface area is 63.4 Å². The molecule has 0 saturated heterocycles. The summed E-state index contributed by atoms with van der Waals surface area (Å²) in [6.07, 6.45) is 1.80. The van der Waals surface area contributed by atoms with Gasteiger partial charge in [0.05, 0.1) is 5.75 Å². The maximum Gasteiger partial charge on any atom is 0.316 e. The van der Waals surface area contributed by atoms with E-state index in [-0.39, 0.29) is 0 Å². The molecule has 0 saturated carbocycles. The van der Waals surface area contributed by atoms with Crippen molar-refractivity contribution in [1.29, 1.82) is 0 Å². The van der Waals surface area contributed by atoms with E-state index >= 15 is 0 Å². The van der Waals surface area contributed by atoms with Crippen molar-refractivity contribution in [1.82, 2.24) is 0 Å². The highest BCUT2D eigenvalue weighted by atomic mass is 32.2. The minimum atomic E-state index is -1.40. The molecule has 0 spiro atoms. The van der Waals surface area contributed by atoms with Crippen LogP contribution in [0.2, 0.25) is 0 Å². The molecule has 0 aromatic rings. The third-order valence-corrected chi connectivity index (χ3v) is 1.92. The largest absolute Gasteiger partial charge is 0.364 e. The number of unbranched alkanes of at least 4 members (excludes halogenated alkanes) is 1. The monoisotopic (exact) mass is 164 g/mol. The molecular formula is C6H12O3S. The molecule has 1 unspecified atom stereocenters. The van der Waals surface area contributed by atoms with Gasteiger partial charge in [0, 0.05) is 6.92 Å². The second-order valence-electron chi connectivity index (χ2n) is 1.94. The first-order valence-electron chi connectivity index (χ1n) is 3.24. The standard InChI is InChI=1S/C6H12O3S/c1-3-4-5-10(8)9-6(2)7/h3-5H2,1-2H3. The van der Waals surface area contributed by atoms with Crippen molar-refractivity contribution >= 4 is 17.0 Å². The summed E-state index contributed by atoms with van der Waals surface area (Å²) in [4.78, 5) is 10.2. The molecule has 0 amide bonds. The van der Waals surface area contributed by atoms with Crippen LogP contribution in [0.15, 0.2) is 0 Å². The Kier molecular flexibility index (Phi) is 5.20. The zero-order chi connectivity index (χ0) is 7.98. The van der Waals surface area contributed by atoms with Crippen molar-refractivity contribution in [3.63, 3.8) is 0 Å². The molecule has 60 valence electrons. The lowest BCUT2D eigenvalue weighted by molar-refractivity contribution is -0.130. The molecule has 0 bridgehead atoms. The van der Waals surface area contributed by atoms with Gasteiger partial charge in [-0.2, -0.15) is 0 Å². The van der Waals surface area contributed by atoms with Gasteiger partial charge in [-0.1, -0.05) is 13.3 Å². The molecule has 0 aliphatic rings. The van der Waals surface area contributed by atoms with Crippen LogP contribution in [0.5, 0.6) is 0 Å². The average molecular weight is 164 g/mol. The predicted molar refractivity (Wildman–Crippen MR) is 39.7 cm³/mol. The van der Waals surface area contributed by atoms with Gasteiger partial charge in [0.15, 0.2) is 0 Å². The number of hydrogen-bond donors (Lipinski definition) is 0. The van der Waals surface area contributed by atoms with E-state index in [1.165, 1.54) is 6.92 Å². The summed E-state index contributed by atoms with van der Waals surface area (Å²) in [7, 11) is 0. The van der Waals surface area contributed by atoms with Gasteiger partial charge in [-0.15, -0.1) is 0 Å². The summed E-state index contributed by atoms with van der Waals surface area (Å²) in [6.45, 7) is 3.24. The first-order valence-corrected chi connectivity index (χ1v) is 4.48. The highest BCUT2D eigenvalue weighted by Crippen LogP contribution is 1.93. The molecule has 0 rings (SSSR count). The molecule has 1 atom stereocenters. The zero-order valence-corrected chi connectivity index (χ0v) is 7.07. The van der Waals surface area contributed by atoms with Crippen LogP contribution in [0, 0.1) is 0 Å². The topological polar surface area (TPSA) is 43.4 Å². The van der Waals surface area contributed by atoms with Crippen molar-refractivity contribution in [3.05, 3.63) is 0 Å². The summed E-state index contributed by atoms with van der Waals surface area (Å²) in [5.74, 6) is -0.0229. The third-order valence-electron chi connectivity index (χ3n) is 0.875. The SMILES string of the molecule is CCCCS(=O)OC(C)=O. The maximum atomic E-state index is 10.7. The molecule has 0 N–H and O–H groups in total. The molecule has 4 heteroatoms. The van der Waals surface area contributed by atoms with E-state index in [0.29, 0.717) is 5.75 Å². The number of rotatable bonds is 4. The van der Waals surface area contributed by atoms with Gasteiger partial charge in [-0.3, -0.25) is 4.79 Å². The van der Waals surface area contributed by atoms with E-state index in [0.717, 1.165) is 12.8 Å². The minimum absolute atomic E-state index is 0.454. The van der Waals surface area contributed by atoms with Crippen molar-refractivity contribution < 1.29 is 13.2 Å². The van der Waals surface area contributed by atoms with E-state index < -0.39 is 17.0 Å². The Morgan fingerprint density at radius 2 is 2.20 bits per heavy atom. The predicted octanol–water partition coefficient (Wildman–Crippen LogP) is 1.01. The Morgan fingerprint density at radius 3 is 2.60 bits per heavy atom. The summed E-state index contributed by atoms with van der Waals surface area (Å²) in [6, 6.07) is 0. The molecule has 0 aromatic heterocycles. The molecule has 0 heterocycles. The Bertz CT molecular complexity index is 133. The second kappa shape index (κ2) is 5.41. The third kappa shape index (κ3) is 5.75. The van der Waals surface area contributed by atoms with Gasteiger partial charge in [0.2, 0.25) is 11.1 Å². The van der Waals surface area contributed by atoms with Gasteiger partial charge < -0.3 is 4.18 Å². The van der Waals surface area contributed by atoms with Crippen molar-refractivity contribution in [2.24, 2.45) is 0 Å². The summed E-state index contributed by atoms with van der Waals surface area (Å²) >= 11 is -1.40. The Hall–Kier alpha value is -0.380. The molecule has 10 heavy (non-hydrogen) atoms. The normalized spacial score (nSPS) is 12.6. The van der Waals surface area contributed by atoms with Crippen LogP contribution in [0.1, 0.15) is 26.7 Å². The average Bonchev–Trinajstić information content (AvgIpc) is 1.82. The molecule has 0 fully saturated rings. The smallest absolute Gasteiger partial charge is 0.316 e. The lowest BCUT2D eigenvalue weighted by Crippen LogP contribution is -2.06. The van der Waals surface area contributed by atoms with Crippen LogP contribution in [-0.4, -0.2) is 15.9 Å². The Balaban J connectivity index is 3.35. The number of carbonyl (C=O) groups excluding carboxylic acids is 1. The molecular weight excluding hydrogens is 152 g/mol. The van der Waals surface area contributed by atoms with Crippen molar-refractivity contribution in [2.75, 3.05) is 5.75 Å². The molecule has 0 aliphatic carbocycles. The van der Waals surface area contributed by atoms with Crippen LogP contribution < -0.4 is 0 Å². The lowest BCUT2D eigenvalue weighted by atomic mass is 10.4. The van der Waals surface area contributed by atoms with Crippen molar-refractivity contribution in [3.8, 4) is 0 Å². The summed E-state index contributed by atoms with van der Waals surface area (Å²) in [5, 5.41) is 0. The fourth-order valence-corrected chi connectivity index (χ4v) is 1.30. The van der Waals surface area contributed by atoms with E-state index in [9.17, 15) is 9.00 Å². The fraction of sp³-hybridized carbons (Fsp3) is 0.833. The van der Waals surface area contributed by atoms with Crippen LogP contribution >= 0.6 is 0 Å². The van der Waals surface area contributed by atoms with Gasteiger partial charge in [-0.25, -0.2) is 4.21 Å². The summed E-state index contributed by atoms with van der Waals surface area (Å²) in [5.41, 5.74) is 0. The van der Waals surface area contributed by atoms with E-state index in [4.69, 9.17) is 0 Å². The van der Waals surface area contributed by atoms with Crippen LogP contribution in [0.3, 0.4) is 0 Å². The summed E-state index contributed by atoms with van der Waals surface area (Å²) < 4.78 is 15.1. The molecule has 0 aromatic carbocycles. The van der Waals surface area contributed by atoms with Gasteiger partial charge in [-0.05, 0) is 6.42 Å². The first kappa shape index (κ1) is 9.62. The van der Waals surface area contributed by atoms with Crippen LogP contribution in [0.25, 0.3) is 0 Å². The fourth-order valence-electron chi connectivity index (χ4n) is 0.435. The van der Waals surface area contributed by atoms with Gasteiger partial charge in [0.1, 0.15) is 0 Å². The Morgan fingerprint density at radius 1 is 1.60 bits per heavy atom. The molecule has 3 nitrogen and oxygen atoms in total. The van der Waals surface area contributed by atoms with Crippen molar-refractivity contribution in [2.45, 2.75) is 26.7 Å². The minimum Gasteiger partial charge on any atom is -0.364 e. The highest BCUT2D eigenvalue weighted by Gasteiger charge is 2.01. The molecule has 0 radical (unpaired) electrons. The lowest BCUT2D eigenvalue weighted by Gasteiger charge is -1.97. The zero-order valence-electron chi connectivity index (χ0n) is 6.25. The number of hydrogen-bond acceptors (Lipinski definition) is 3. The second-order valence-corrected chi connectivity index (χ2v) is 3.12. The highest BCUT2D eigenvalue weighted by molar-refractivity contribution is 7.80. The number of carbonyl (C=O) groups is 1. The van der Waals surface area contributed by atoms with E-state index in [1.807, 2.05) is 6.92 Å². The quantitative estimate of drug-likeness (QED) is 0.623. The van der Waals surface area contributed by atoms with Crippen LogP contribution in [0.4, 0.5) is 0 Å². The van der Waals surface area contributed by atoms with E-state index in [1.54, 1.807) is 0 Å². The first-order chi connectivity index (χ1) is 4.66.